The molecule has 0 saturated heterocycles. The third kappa shape index (κ3) is 4.85. The maximum Gasteiger partial charge on any atom is 0.407 e. The molecule has 1 aromatic carbocycles. The molecular weight excluding hydrogens is 254 g/mol. The first-order valence-electron chi connectivity index (χ1n) is 7.41. The molecule has 4 heteroatoms. The fourth-order valence-corrected chi connectivity index (χ4v) is 2.55. The summed E-state index contributed by atoms with van der Waals surface area (Å²) in [5.74, 6) is 0. The molecule has 2 atom stereocenters. The van der Waals surface area contributed by atoms with E-state index in [9.17, 15) is 9.90 Å². The van der Waals surface area contributed by atoms with Gasteiger partial charge in [0.15, 0.2) is 0 Å². The molecule has 1 fully saturated rings. The molecule has 0 aliphatic heterocycles. The molecule has 1 saturated carbocycles. The normalized spacial score (nSPS) is 23.4. The van der Waals surface area contributed by atoms with Crippen molar-refractivity contribution in [1.29, 1.82) is 0 Å². The van der Waals surface area contributed by atoms with Crippen LogP contribution in [0.4, 0.5) is 4.79 Å². The molecule has 0 unspecified atom stereocenters. The summed E-state index contributed by atoms with van der Waals surface area (Å²) in [4.78, 5) is 11.8. The van der Waals surface area contributed by atoms with Crippen molar-refractivity contribution >= 4 is 6.09 Å². The minimum atomic E-state index is -0.459. The summed E-state index contributed by atoms with van der Waals surface area (Å²) >= 11 is 0. The third-order valence-corrected chi connectivity index (χ3v) is 3.75. The largest absolute Gasteiger partial charge is 0.445 e. The van der Waals surface area contributed by atoms with Crippen LogP contribution in [0, 0.1) is 0 Å². The molecule has 2 rings (SSSR count). The van der Waals surface area contributed by atoms with Gasteiger partial charge in [-0.2, -0.15) is 0 Å². The van der Waals surface area contributed by atoms with Crippen LogP contribution in [-0.4, -0.2) is 23.3 Å². The maximum absolute atomic E-state index is 11.8. The third-order valence-electron chi connectivity index (χ3n) is 3.75. The predicted octanol–water partition coefficient (Wildman–Crippen LogP) is 3.00. The lowest BCUT2D eigenvalue weighted by Crippen LogP contribution is -2.44. The molecule has 1 aliphatic rings. The standard InChI is InChI=1S/C16H23NO3/c18-15-11-7-2-1-6-10-14(15)17-16(19)20-12-13-8-4-3-5-9-13/h3-5,8-9,14-15,18H,1-2,6-7,10-12H2,(H,17,19)/t14-,15-/m1/s1. The lowest BCUT2D eigenvalue weighted by atomic mass is 9.94. The molecule has 1 aromatic rings. The van der Waals surface area contributed by atoms with E-state index in [4.69, 9.17) is 4.74 Å². The van der Waals surface area contributed by atoms with E-state index in [0.717, 1.165) is 31.2 Å². The van der Waals surface area contributed by atoms with E-state index in [-0.39, 0.29) is 12.6 Å². The molecule has 4 nitrogen and oxygen atoms in total. The summed E-state index contributed by atoms with van der Waals surface area (Å²) in [7, 11) is 0. The van der Waals surface area contributed by atoms with Crippen LogP contribution < -0.4 is 5.32 Å². The fraction of sp³-hybridized carbons (Fsp3) is 0.562. The molecule has 0 heterocycles. The second kappa shape index (κ2) is 7.90. The Morgan fingerprint density at radius 3 is 2.60 bits per heavy atom. The fourth-order valence-electron chi connectivity index (χ4n) is 2.55. The highest BCUT2D eigenvalue weighted by molar-refractivity contribution is 5.67. The lowest BCUT2D eigenvalue weighted by Gasteiger charge is -2.25. The van der Waals surface area contributed by atoms with Crippen molar-refractivity contribution < 1.29 is 14.6 Å². The second-order valence-corrected chi connectivity index (χ2v) is 5.37. The molecule has 0 bridgehead atoms. The van der Waals surface area contributed by atoms with E-state index in [0.29, 0.717) is 0 Å². The Hall–Kier alpha value is -1.55. The van der Waals surface area contributed by atoms with Gasteiger partial charge in [0.25, 0.3) is 0 Å². The molecule has 1 amide bonds. The van der Waals surface area contributed by atoms with Crippen molar-refractivity contribution in [3.8, 4) is 0 Å². The zero-order valence-electron chi connectivity index (χ0n) is 11.8. The number of carbonyl (C=O) groups excluding carboxylic acids is 1. The number of alkyl carbamates (subject to hydrolysis) is 1. The van der Waals surface area contributed by atoms with Crippen molar-refractivity contribution in [3.05, 3.63) is 35.9 Å². The maximum atomic E-state index is 11.8. The summed E-state index contributed by atoms with van der Waals surface area (Å²) in [5.41, 5.74) is 0.959. The SMILES string of the molecule is O=C(N[C@@H]1CCCCCC[C@H]1O)OCc1ccccc1. The molecule has 1 aliphatic carbocycles. The average Bonchev–Trinajstić information content (AvgIpc) is 2.46. The van der Waals surface area contributed by atoms with Gasteiger partial charge in [0.05, 0.1) is 12.1 Å². The monoisotopic (exact) mass is 277 g/mol. The molecule has 0 aromatic heterocycles. The highest BCUT2D eigenvalue weighted by Gasteiger charge is 2.22. The minimum absolute atomic E-state index is 0.182. The minimum Gasteiger partial charge on any atom is -0.445 e. The number of carbonyl (C=O) groups is 1. The Morgan fingerprint density at radius 1 is 1.15 bits per heavy atom. The Morgan fingerprint density at radius 2 is 1.85 bits per heavy atom. The number of rotatable bonds is 3. The molecule has 20 heavy (non-hydrogen) atoms. The number of ether oxygens (including phenoxy) is 1. The van der Waals surface area contributed by atoms with Gasteiger partial charge in [-0.25, -0.2) is 4.79 Å². The van der Waals surface area contributed by atoms with Gasteiger partial charge in [0.2, 0.25) is 0 Å². The Balaban J connectivity index is 1.77. The van der Waals surface area contributed by atoms with Crippen LogP contribution in [0.25, 0.3) is 0 Å². The van der Waals surface area contributed by atoms with Crippen LogP contribution in [0.3, 0.4) is 0 Å². The summed E-state index contributed by atoms with van der Waals surface area (Å²) < 4.78 is 5.19. The van der Waals surface area contributed by atoms with Crippen molar-refractivity contribution in [2.45, 2.75) is 57.3 Å². The van der Waals surface area contributed by atoms with E-state index in [1.165, 1.54) is 12.8 Å². The number of hydrogen-bond acceptors (Lipinski definition) is 3. The average molecular weight is 277 g/mol. The number of hydrogen-bond donors (Lipinski definition) is 2. The topological polar surface area (TPSA) is 58.6 Å². The summed E-state index contributed by atoms with van der Waals surface area (Å²) in [5, 5.41) is 12.8. The first-order valence-corrected chi connectivity index (χ1v) is 7.41. The Labute approximate surface area is 120 Å². The predicted molar refractivity (Wildman–Crippen MR) is 77.3 cm³/mol. The first kappa shape index (κ1) is 14.9. The lowest BCUT2D eigenvalue weighted by molar-refractivity contribution is 0.0873. The van der Waals surface area contributed by atoms with E-state index < -0.39 is 12.2 Å². The van der Waals surface area contributed by atoms with Gasteiger partial charge < -0.3 is 15.2 Å². The van der Waals surface area contributed by atoms with Gasteiger partial charge in [-0.3, -0.25) is 0 Å². The highest BCUT2D eigenvalue weighted by atomic mass is 16.5. The van der Waals surface area contributed by atoms with Gasteiger partial charge in [-0.1, -0.05) is 56.0 Å². The quantitative estimate of drug-likeness (QED) is 0.893. The van der Waals surface area contributed by atoms with Crippen molar-refractivity contribution in [2.24, 2.45) is 0 Å². The molecule has 0 radical (unpaired) electrons. The molecule has 2 N–H and O–H groups in total. The van der Waals surface area contributed by atoms with E-state index in [1.807, 2.05) is 30.3 Å². The first-order chi connectivity index (χ1) is 9.75. The van der Waals surface area contributed by atoms with Crippen molar-refractivity contribution in [1.82, 2.24) is 5.32 Å². The van der Waals surface area contributed by atoms with Gasteiger partial charge in [-0.15, -0.1) is 0 Å². The zero-order chi connectivity index (χ0) is 14.2. The smallest absolute Gasteiger partial charge is 0.407 e. The van der Waals surface area contributed by atoms with Crippen LogP contribution in [-0.2, 0) is 11.3 Å². The van der Waals surface area contributed by atoms with Crippen LogP contribution in [0.15, 0.2) is 30.3 Å². The Bertz CT molecular complexity index is 407. The van der Waals surface area contributed by atoms with E-state index in [1.54, 1.807) is 0 Å². The number of benzene rings is 1. The van der Waals surface area contributed by atoms with Crippen LogP contribution in [0.2, 0.25) is 0 Å². The summed E-state index contributed by atoms with van der Waals surface area (Å²) in [6, 6.07) is 9.40. The van der Waals surface area contributed by atoms with Crippen molar-refractivity contribution in [3.63, 3.8) is 0 Å². The van der Waals surface area contributed by atoms with Gasteiger partial charge in [0, 0.05) is 0 Å². The van der Waals surface area contributed by atoms with Crippen LogP contribution in [0.5, 0.6) is 0 Å². The van der Waals surface area contributed by atoms with E-state index >= 15 is 0 Å². The number of aliphatic hydroxyl groups is 1. The molecule has 110 valence electrons. The van der Waals surface area contributed by atoms with Crippen LogP contribution in [0.1, 0.15) is 44.1 Å². The summed E-state index contributed by atoms with van der Waals surface area (Å²) in [6.07, 6.45) is 5.08. The molecule has 0 spiro atoms. The molecular formula is C16H23NO3. The van der Waals surface area contributed by atoms with Crippen molar-refractivity contribution in [2.75, 3.05) is 0 Å². The second-order valence-electron chi connectivity index (χ2n) is 5.37. The Kier molecular flexibility index (Phi) is 5.87. The summed E-state index contributed by atoms with van der Waals surface area (Å²) in [6.45, 7) is 0.259. The number of amides is 1. The number of aliphatic hydroxyl groups excluding tert-OH is 1. The van der Waals surface area contributed by atoms with Gasteiger partial charge >= 0.3 is 6.09 Å². The number of nitrogens with one attached hydrogen (secondary N) is 1. The van der Waals surface area contributed by atoms with Crippen LogP contribution >= 0.6 is 0 Å². The van der Waals surface area contributed by atoms with E-state index in [2.05, 4.69) is 5.32 Å². The zero-order valence-corrected chi connectivity index (χ0v) is 11.8. The van der Waals surface area contributed by atoms with Gasteiger partial charge in [0.1, 0.15) is 6.61 Å². The highest BCUT2D eigenvalue weighted by Crippen LogP contribution is 2.18. The van der Waals surface area contributed by atoms with Gasteiger partial charge in [-0.05, 0) is 18.4 Å².